The van der Waals surface area contributed by atoms with Crippen LogP contribution in [-0.4, -0.2) is 48.3 Å². The smallest absolute Gasteiger partial charge is 0.247 e. The van der Waals surface area contributed by atoms with Crippen molar-refractivity contribution < 1.29 is 14.4 Å². The molecule has 6 nitrogen and oxygen atoms in total. The predicted molar refractivity (Wildman–Crippen MR) is 62.1 cm³/mol. The highest BCUT2D eigenvalue weighted by Crippen LogP contribution is 2.16. The molecule has 0 aromatic rings. The second-order valence-electron chi connectivity index (χ2n) is 4.11. The molecule has 2 unspecified atom stereocenters. The number of carbonyl (C=O) groups excluding carboxylic acids is 3. The Morgan fingerprint density at radius 1 is 1.53 bits per heavy atom. The molecule has 0 bridgehead atoms. The summed E-state index contributed by atoms with van der Waals surface area (Å²) in [5, 5.41) is 5.44. The maximum Gasteiger partial charge on any atom is 0.247 e. The van der Waals surface area contributed by atoms with Gasteiger partial charge in [-0.25, -0.2) is 0 Å². The number of carbonyl (C=O) groups is 3. The molecule has 96 valence electrons. The summed E-state index contributed by atoms with van der Waals surface area (Å²) >= 11 is 0. The molecule has 0 aliphatic carbocycles. The molecule has 0 aromatic carbocycles. The highest BCUT2D eigenvalue weighted by atomic mass is 16.2. The highest BCUT2D eigenvalue weighted by Gasteiger charge is 2.42. The van der Waals surface area contributed by atoms with Gasteiger partial charge in [0.05, 0.1) is 12.5 Å². The summed E-state index contributed by atoms with van der Waals surface area (Å²) in [5.41, 5.74) is 0. The van der Waals surface area contributed by atoms with Crippen LogP contribution in [0.2, 0.25) is 0 Å². The van der Waals surface area contributed by atoms with Gasteiger partial charge in [0.2, 0.25) is 17.7 Å². The lowest BCUT2D eigenvalue weighted by Crippen LogP contribution is -2.49. The first-order chi connectivity index (χ1) is 8.02. The average molecular weight is 241 g/mol. The van der Waals surface area contributed by atoms with Crippen molar-refractivity contribution in [2.75, 3.05) is 13.6 Å². The van der Waals surface area contributed by atoms with E-state index in [-0.39, 0.29) is 24.1 Å². The van der Waals surface area contributed by atoms with Gasteiger partial charge in [-0.3, -0.25) is 19.3 Å². The monoisotopic (exact) mass is 241 g/mol. The van der Waals surface area contributed by atoms with Crippen molar-refractivity contribution in [1.29, 1.82) is 0 Å². The number of likely N-dealkylation sites (tertiary alicyclic amines) is 1. The maximum absolute atomic E-state index is 11.8. The number of nitrogens with one attached hydrogen (secondary N) is 2. The van der Waals surface area contributed by atoms with Crippen molar-refractivity contribution in [2.24, 2.45) is 0 Å². The minimum atomic E-state index is -0.736. The number of rotatable bonds is 5. The maximum atomic E-state index is 11.8. The van der Waals surface area contributed by atoms with E-state index in [4.69, 9.17) is 0 Å². The lowest BCUT2D eigenvalue weighted by Gasteiger charge is -2.22. The van der Waals surface area contributed by atoms with E-state index in [1.54, 1.807) is 14.0 Å². The van der Waals surface area contributed by atoms with Gasteiger partial charge in [0.25, 0.3) is 0 Å². The molecule has 2 atom stereocenters. The Morgan fingerprint density at radius 3 is 2.65 bits per heavy atom. The Hall–Kier alpha value is -1.43. The van der Waals surface area contributed by atoms with Crippen molar-refractivity contribution in [3.63, 3.8) is 0 Å². The first-order valence-corrected chi connectivity index (χ1v) is 5.83. The Bertz CT molecular complexity index is 330. The van der Waals surface area contributed by atoms with Gasteiger partial charge >= 0.3 is 0 Å². The van der Waals surface area contributed by atoms with E-state index in [9.17, 15) is 14.4 Å². The van der Waals surface area contributed by atoms with Crippen LogP contribution < -0.4 is 10.6 Å². The average Bonchev–Trinajstić information content (AvgIpc) is 2.60. The van der Waals surface area contributed by atoms with Crippen molar-refractivity contribution in [3.05, 3.63) is 0 Å². The van der Waals surface area contributed by atoms with Crippen LogP contribution in [0.5, 0.6) is 0 Å². The molecule has 1 fully saturated rings. The van der Waals surface area contributed by atoms with E-state index < -0.39 is 12.1 Å². The number of likely N-dealkylation sites (N-methyl/N-ethyl adjacent to an activating group) is 1. The van der Waals surface area contributed by atoms with Gasteiger partial charge < -0.3 is 10.6 Å². The summed E-state index contributed by atoms with van der Waals surface area (Å²) in [4.78, 5) is 36.2. The van der Waals surface area contributed by atoms with Crippen molar-refractivity contribution >= 4 is 17.7 Å². The normalized spacial score (nSPS) is 21.8. The quantitative estimate of drug-likeness (QED) is 0.621. The topological polar surface area (TPSA) is 78.5 Å². The van der Waals surface area contributed by atoms with Gasteiger partial charge in [0.15, 0.2) is 0 Å². The Balaban J connectivity index is 2.68. The third kappa shape index (κ3) is 2.82. The fraction of sp³-hybridized carbons (Fsp3) is 0.727. The summed E-state index contributed by atoms with van der Waals surface area (Å²) < 4.78 is 0. The molecule has 1 rings (SSSR count). The minimum Gasteiger partial charge on any atom is -0.354 e. The molecule has 17 heavy (non-hydrogen) atoms. The summed E-state index contributed by atoms with van der Waals surface area (Å²) in [6.45, 7) is 4.06. The first-order valence-electron chi connectivity index (χ1n) is 5.83. The highest BCUT2D eigenvalue weighted by molar-refractivity contribution is 6.08. The number of amides is 3. The number of hydrogen-bond acceptors (Lipinski definition) is 4. The van der Waals surface area contributed by atoms with E-state index in [2.05, 4.69) is 10.6 Å². The molecule has 2 N–H and O–H groups in total. The minimum absolute atomic E-state index is 0.126. The van der Waals surface area contributed by atoms with Crippen LogP contribution in [0, 0.1) is 0 Å². The third-order valence-electron chi connectivity index (χ3n) is 2.85. The molecule has 1 saturated heterocycles. The predicted octanol–water partition coefficient (Wildman–Crippen LogP) is -0.752. The molecule has 0 radical (unpaired) electrons. The van der Waals surface area contributed by atoms with Gasteiger partial charge in [0.1, 0.15) is 6.04 Å². The van der Waals surface area contributed by atoms with Crippen LogP contribution in [0.4, 0.5) is 0 Å². The molecule has 6 heteroatoms. The van der Waals surface area contributed by atoms with E-state index in [1.807, 2.05) is 6.92 Å². The van der Waals surface area contributed by atoms with Crippen LogP contribution >= 0.6 is 0 Å². The second-order valence-corrected chi connectivity index (χ2v) is 4.11. The second kappa shape index (κ2) is 5.77. The standard InChI is InChI=1S/C11H19N3O3/c1-4-5-13-10(16)7(2)14-9(15)6-8(12-3)11(14)17/h7-8,12H,4-6H2,1-3H3,(H,13,16). The first kappa shape index (κ1) is 13.6. The zero-order chi connectivity index (χ0) is 13.0. The zero-order valence-corrected chi connectivity index (χ0v) is 10.4. The van der Waals surface area contributed by atoms with Gasteiger partial charge in [-0.1, -0.05) is 6.92 Å². The van der Waals surface area contributed by atoms with Crippen LogP contribution in [0.3, 0.4) is 0 Å². The van der Waals surface area contributed by atoms with Crippen LogP contribution in [0.15, 0.2) is 0 Å². The van der Waals surface area contributed by atoms with Crippen molar-refractivity contribution in [1.82, 2.24) is 15.5 Å². The summed E-state index contributed by atoms with van der Waals surface area (Å²) in [6.07, 6.45) is 0.945. The van der Waals surface area contributed by atoms with Gasteiger partial charge in [-0.05, 0) is 20.4 Å². The molecule has 0 spiro atoms. The number of nitrogens with zero attached hydrogens (tertiary/aromatic N) is 1. The van der Waals surface area contributed by atoms with Crippen LogP contribution in [0.25, 0.3) is 0 Å². The number of hydrogen-bond donors (Lipinski definition) is 2. The molecule has 0 aromatic heterocycles. The van der Waals surface area contributed by atoms with Crippen LogP contribution in [0.1, 0.15) is 26.7 Å². The van der Waals surface area contributed by atoms with Crippen molar-refractivity contribution in [3.8, 4) is 0 Å². The van der Waals surface area contributed by atoms with Gasteiger partial charge in [-0.2, -0.15) is 0 Å². The SMILES string of the molecule is CCCNC(=O)C(C)N1C(=O)CC(NC)C1=O. The molecule has 1 aliphatic heterocycles. The van der Waals surface area contributed by atoms with E-state index in [0.717, 1.165) is 11.3 Å². The fourth-order valence-electron chi connectivity index (χ4n) is 1.80. The number of imide groups is 1. The Morgan fingerprint density at radius 2 is 2.18 bits per heavy atom. The molecule has 1 heterocycles. The van der Waals surface area contributed by atoms with Gasteiger partial charge in [-0.15, -0.1) is 0 Å². The summed E-state index contributed by atoms with van der Waals surface area (Å²) in [5.74, 6) is -0.907. The Kier molecular flexibility index (Phi) is 4.62. The summed E-state index contributed by atoms with van der Waals surface area (Å²) in [6, 6.07) is -1.23. The molecule has 3 amide bonds. The lowest BCUT2D eigenvalue weighted by molar-refractivity contribution is -0.146. The lowest BCUT2D eigenvalue weighted by atomic mass is 10.2. The van der Waals surface area contributed by atoms with Gasteiger partial charge in [0, 0.05) is 6.54 Å². The van der Waals surface area contributed by atoms with E-state index in [1.165, 1.54) is 0 Å². The molecular weight excluding hydrogens is 222 g/mol. The zero-order valence-electron chi connectivity index (χ0n) is 10.4. The Labute approximate surface area is 101 Å². The third-order valence-corrected chi connectivity index (χ3v) is 2.85. The van der Waals surface area contributed by atoms with Crippen LogP contribution in [-0.2, 0) is 14.4 Å². The van der Waals surface area contributed by atoms with Crippen molar-refractivity contribution in [2.45, 2.75) is 38.8 Å². The van der Waals surface area contributed by atoms with E-state index >= 15 is 0 Å². The molecule has 0 saturated carbocycles. The fourth-order valence-corrected chi connectivity index (χ4v) is 1.80. The molecular formula is C11H19N3O3. The largest absolute Gasteiger partial charge is 0.354 e. The summed E-state index contributed by atoms with van der Waals surface area (Å²) in [7, 11) is 1.63. The van der Waals surface area contributed by atoms with E-state index in [0.29, 0.717) is 6.54 Å². The molecule has 1 aliphatic rings.